The van der Waals surface area contributed by atoms with E-state index in [1.54, 1.807) is 31.4 Å². The van der Waals surface area contributed by atoms with Gasteiger partial charge in [-0.3, -0.25) is 4.72 Å². The summed E-state index contributed by atoms with van der Waals surface area (Å²) in [4.78, 5) is 0. The number of hydrogen-bond acceptors (Lipinski definition) is 7. The second-order valence-corrected chi connectivity index (χ2v) is 7.99. The Balaban J connectivity index is 1.52. The summed E-state index contributed by atoms with van der Waals surface area (Å²) < 4.78 is 43.7. The van der Waals surface area contributed by atoms with Crippen molar-refractivity contribution < 1.29 is 22.0 Å². The van der Waals surface area contributed by atoms with E-state index in [0.717, 1.165) is 25.7 Å². The van der Waals surface area contributed by atoms with E-state index in [9.17, 15) is 8.42 Å². The van der Waals surface area contributed by atoms with Gasteiger partial charge in [-0.1, -0.05) is 12.8 Å². The van der Waals surface area contributed by atoms with E-state index in [1.807, 2.05) is 0 Å². The van der Waals surface area contributed by atoms with E-state index in [1.165, 1.54) is 12.1 Å². The molecule has 0 radical (unpaired) electrons. The Bertz CT molecular complexity index is 1020. The molecule has 1 aliphatic rings. The van der Waals surface area contributed by atoms with Gasteiger partial charge in [-0.05, 0) is 49.2 Å². The number of sulfonamides is 1. The molecule has 0 saturated heterocycles. The van der Waals surface area contributed by atoms with Crippen LogP contribution in [0.4, 0.5) is 5.69 Å². The van der Waals surface area contributed by atoms with Gasteiger partial charge in [0.15, 0.2) is 5.76 Å². The first kappa shape index (κ1) is 17.6. The van der Waals surface area contributed by atoms with Gasteiger partial charge in [0.05, 0.1) is 7.11 Å². The summed E-state index contributed by atoms with van der Waals surface area (Å²) in [6.45, 7) is 0. The standard InChI is InChI=1S/C18H19N3O5S/c1-24-14-8-6-13(7-9-14)21-27(22,23)16-11-10-15(25-16)18-20-19-17(26-18)12-4-2-3-5-12/h6-12,21H,2-5H2,1H3. The summed E-state index contributed by atoms with van der Waals surface area (Å²) in [7, 11) is -2.34. The number of nitrogens with one attached hydrogen (secondary N) is 1. The van der Waals surface area contributed by atoms with Crippen LogP contribution in [-0.2, 0) is 10.0 Å². The van der Waals surface area contributed by atoms with Gasteiger partial charge >= 0.3 is 0 Å². The lowest BCUT2D eigenvalue weighted by Gasteiger charge is -2.06. The monoisotopic (exact) mass is 389 g/mol. The fourth-order valence-electron chi connectivity index (χ4n) is 3.12. The van der Waals surface area contributed by atoms with Gasteiger partial charge in [0.25, 0.3) is 15.9 Å². The van der Waals surface area contributed by atoms with Crippen LogP contribution < -0.4 is 9.46 Å². The average Bonchev–Trinajstić information content (AvgIpc) is 3.42. The molecule has 0 bridgehead atoms. The van der Waals surface area contributed by atoms with Crippen molar-refractivity contribution in [1.29, 1.82) is 0 Å². The Hall–Kier alpha value is -2.81. The summed E-state index contributed by atoms with van der Waals surface area (Å²) in [6.07, 6.45) is 4.38. The van der Waals surface area contributed by atoms with Crippen LogP contribution >= 0.6 is 0 Å². The smallest absolute Gasteiger partial charge is 0.295 e. The van der Waals surface area contributed by atoms with Crippen molar-refractivity contribution in [2.24, 2.45) is 0 Å². The number of anilines is 1. The van der Waals surface area contributed by atoms with E-state index in [-0.39, 0.29) is 22.7 Å². The zero-order valence-electron chi connectivity index (χ0n) is 14.7. The third kappa shape index (κ3) is 3.68. The SMILES string of the molecule is COc1ccc(NS(=O)(=O)c2ccc(-c3nnc(C4CCCC4)o3)o2)cc1. The van der Waals surface area contributed by atoms with Gasteiger partial charge in [-0.2, -0.15) is 8.42 Å². The molecule has 0 amide bonds. The molecular weight excluding hydrogens is 370 g/mol. The van der Waals surface area contributed by atoms with Crippen molar-refractivity contribution in [3.63, 3.8) is 0 Å². The third-order valence-corrected chi connectivity index (χ3v) is 5.80. The first-order valence-corrected chi connectivity index (χ1v) is 10.1. The predicted octanol–water partition coefficient (Wildman–Crippen LogP) is 3.80. The predicted molar refractivity (Wildman–Crippen MR) is 97.0 cm³/mol. The second-order valence-electron chi connectivity index (χ2n) is 6.38. The van der Waals surface area contributed by atoms with Gasteiger partial charge in [-0.25, -0.2) is 0 Å². The van der Waals surface area contributed by atoms with Gasteiger partial charge in [0.2, 0.25) is 11.0 Å². The maximum absolute atomic E-state index is 12.5. The summed E-state index contributed by atoms with van der Waals surface area (Å²) in [5.41, 5.74) is 0.398. The Labute approximate surface area is 156 Å². The van der Waals surface area contributed by atoms with Crippen molar-refractivity contribution in [3.05, 3.63) is 42.3 Å². The summed E-state index contributed by atoms with van der Waals surface area (Å²) in [5, 5.41) is 7.84. The minimum atomic E-state index is -3.88. The molecule has 1 fully saturated rings. The zero-order chi connectivity index (χ0) is 18.9. The Morgan fingerprint density at radius 3 is 2.48 bits per heavy atom. The summed E-state index contributed by atoms with van der Waals surface area (Å²) >= 11 is 0. The molecule has 4 rings (SSSR count). The molecule has 9 heteroatoms. The molecular formula is C18H19N3O5S. The van der Waals surface area contributed by atoms with Crippen molar-refractivity contribution in [2.75, 3.05) is 11.8 Å². The first-order chi connectivity index (χ1) is 13.0. The number of hydrogen-bond donors (Lipinski definition) is 1. The minimum Gasteiger partial charge on any atom is -0.497 e. The fraction of sp³-hybridized carbons (Fsp3) is 0.333. The Morgan fingerprint density at radius 2 is 1.78 bits per heavy atom. The van der Waals surface area contributed by atoms with Crippen molar-refractivity contribution in [2.45, 2.75) is 36.7 Å². The normalized spacial score (nSPS) is 15.1. The van der Waals surface area contributed by atoms with Crippen LogP contribution in [0.2, 0.25) is 0 Å². The van der Waals surface area contributed by atoms with Crippen LogP contribution in [0, 0.1) is 0 Å². The molecule has 0 spiro atoms. The van der Waals surface area contributed by atoms with E-state index in [2.05, 4.69) is 14.9 Å². The topological polar surface area (TPSA) is 107 Å². The van der Waals surface area contributed by atoms with Crippen LogP contribution in [0.3, 0.4) is 0 Å². The fourth-order valence-corrected chi connectivity index (χ4v) is 4.11. The molecule has 8 nitrogen and oxygen atoms in total. The number of benzene rings is 1. The highest BCUT2D eigenvalue weighted by Crippen LogP contribution is 2.35. The molecule has 2 aromatic heterocycles. The molecule has 1 aliphatic carbocycles. The zero-order valence-corrected chi connectivity index (χ0v) is 15.5. The molecule has 27 heavy (non-hydrogen) atoms. The average molecular weight is 389 g/mol. The molecule has 1 aromatic carbocycles. The Morgan fingerprint density at radius 1 is 1.04 bits per heavy atom. The van der Waals surface area contributed by atoms with Crippen LogP contribution in [0.15, 0.2) is 50.3 Å². The number of nitrogens with zero attached hydrogens (tertiary/aromatic N) is 2. The Kier molecular flexibility index (Phi) is 4.61. The number of rotatable bonds is 6. The second kappa shape index (κ2) is 7.07. The van der Waals surface area contributed by atoms with Gasteiger partial charge < -0.3 is 13.6 Å². The number of aromatic nitrogens is 2. The van der Waals surface area contributed by atoms with Gasteiger partial charge in [-0.15, -0.1) is 10.2 Å². The van der Waals surface area contributed by atoms with E-state index >= 15 is 0 Å². The molecule has 0 aliphatic heterocycles. The summed E-state index contributed by atoms with van der Waals surface area (Å²) in [5.74, 6) is 1.90. The number of furan rings is 1. The highest BCUT2D eigenvalue weighted by atomic mass is 32.2. The van der Waals surface area contributed by atoms with Crippen molar-refractivity contribution in [3.8, 4) is 17.4 Å². The molecule has 3 aromatic rings. The molecule has 2 heterocycles. The lowest BCUT2D eigenvalue weighted by Crippen LogP contribution is -2.11. The maximum Gasteiger partial charge on any atom is 0.295 e. The van der Waals surface area contributed by atoms with E-state index < -0.39 is 10.0 Å². The van der Waals surface area contributed by atoms with Crippen LogP contribution in [-0.4, -0.2) is 25.7 Å². The minimum absolute atomic E-state index is 0.183. The van der Waals surface area contributed by atoms with E-state index in [4.69, 9.17) is 13.6 Å². The largest absolute Gasteiger partial charge is 0.497 e. The highest BCUT2D eigenvalue weighted by molar-refractivity contribution is 7.92. The summed E-state index contributed by atoms with van der Waals surface area (Å²) in [6, 6.07) is 9.40. The molecule has 1 saturated carbocycles. The van der Waals surface area contributed by atoms with Crippen LogP contribution in [0.1, 0.15) is 37.5 Å². The quantitative estimate of drug-likeness (QED) is 0.683. The lowest BCUT2D eigenvalue weighted by molar-refractivity contribution is 0.415. The number of ether oxygens (including phenoxy) is 1. The van der Waals surface area contributed by atoms with E-state index in [0.29, 0.717) is 17.3 Å². The first-order valence-electron chi connectivity index (χ1n) is 8.65. The van der Waals surface area contributed by atoms with Gasteiger partial charge in [0, 0.05) is 11.6 Å². The highest BCUT2D eigenvalue weighted by Gasteiger charge is 2.25. The lowest BCUT2D eigenvalue weighted by atomic mass is 10.1. The molecule has 0 unspecified atom stereocenters. The molecule has 142 valence electrons. The molecule has 1 N–H and O–H groups in total. The van der Waals surface area contributed by atoms with Crippen molar-refractivity contribution in [1.82, 2.24) is 10.2 Å². The number of methoxy groups -OCH3 is 1. The van der Waals surface area contributed by atoms with Crippen LogP contribution in [0.25, 0.3) is 11.7 Å². The van der Waals surface area contributed by atoms with Crippen molar-refractivity contribution >= 4 is 15.7 Å². The third-order valence-electron chi connectivity index (χ3n) is 4.54. The maximum atomic E-state index is 12.5. The molecule has 0 atom stereocenters. The van der Waals surface area contributed by atoms with Gasteiger partial charge in [0.1, 0.15) is 5.75 Å². The van der Waals surface area contributed by atoms with Crippen LogP contribution in [0.5, 0.6) is 5.75 Å².